The average Bonchev–Trinajstić information content (AvgIpc) is 2.91. The van der Waals surface area contributed by atoms with Gasteiger partial charge in [0.1, 0.15) is 5.75 Å². The zero-order chi connectivity index (χ0) is 13.6. The Bertz CT molecular complexity index is 448. The molecule has 1 saturated carbocycles. The van der Waals surface area contributed by atoms with Gasteiger partial charge in [-0.25, -0.2) is 0 Å². The first-order valence-corrected chi connectivity index (χ1v) is 6.67. The first-order chi connectivity index (χ1) is 8.38. The number of hydrogen-bond donors (Lipinski definition) is 1. The molecule has 0 spiro atoms. The largest absolute Gasteiger partial charge is 0.496 e. The second kappa shape index (κ2) is 4.27. The predicted octanol–water partition coefficient (Wildman–Crippen LogP) is 3.48. The minimum absolute atomic E-state index is 0.122. The molecule has 1 atom stereocenters. The number of methoxy groups -OCH3 is 1. The molecule has 0 bridgehead atoms. The molecule has 1 aliphatic rings. The Morgan fingerprint density at radius 1 is 1.33 bits per heavy atom. The lowest BCUT2D eigenvalue weighted by Crippen LogP contribution is -2.20. The molecule has 1 fully saturated rings. The van der Waals surface area contributed by atoms with Gasteiger partial charge in [0.05, 0.1) is 13.7 Å². The van der Waals surface area contributed by atoms with E-state index < -0.39 is 0 Å². The lowest BCUT2D eigenvalue weighted by Gasteiger charge is -2.22. The van der Waals surface area contributed by atoms with E-state index in [-0.39, 0.29) is 17.4 Å². The summed E-state index contributed by atoms with van der Waals surface area (Å²) in [5, 5.41) is 9.84. The van der Waals surface area contributed by atoms with Crippen molar-refractivity contribution in [1.82, 2.24) is 0 Å². The summed E-state index contributed by atoms with van der Waals surface area (Å²) in [4.78, 5) is 0. The highest BCUT2D eigenvalue weighted by Gasteiger charge is 2.62. The van der Waals surface area contributed by atoms with E-state index in [9.17, 15) is 5.11 Å². The maximum atomic E-state index is 9.84. The average molecular weight is 248 g/mol. The van der Waals surface area contributed by atoms with E-state index in [1.54, 1.807) is 7.11 Å². The number of aliphatic hydroxyl groups is 1. The van der Waals surface area contributed by atoms with Crippen LogP contribution in [0.4, 0.5) is 0 Å². The van der Waals surface area contributed by atoms with Crippen LogP contribution in [0.15, 0.2) is 18.2 Å². The Labute approximate surface area is 110 Å². The lowest BCUT2D eigenvalue weighted by atomic mass is 9.85. The molecule has 0 heterocycles. The number of hydrogen-bond acceptors (Lipinski definition) is 2. The van der Waals surface area contributed by atoms with Gasteiger partial charge in [-0.15, -0.1) is 0 Å². The molecule has 1 aromatic rings. The third-order valence-corrected chi connectivity index (χ3v) is 4.59. The van der Waals surface area contributed by atoms with Gasteiger partial charge in [0.2, 0.25) is 0 Å². The van der Waals surface area contributed by atoms with Crippen LogP contribution in [0, 0.1) is 5.41 Å². The molecule has 2 heteroatoms. The molecular formula is C16H24O2. The fourth-order valence-corrected chi connectivity index (χ4v) is 2.98. The standard InChI is InChI=1S/C16H24O2/c1-11(2)12-6-7-14(18-5)13(8-12)16(10-17)9-15(16,3)4/h6-8,11,17H,9-10H2,1-5H3. The van der Waals surface area contributed by atoms with Crippen molar-refractivity contribution in [2.24, 2.45) is 5.41 Å². The minimum atomic E-state index is -0.122. The van der Waals surface area contributed by atoms with E-state index in [1.807, 2.05) is 6.07 Å². The van der Waals surface area contributed by atoms with Crippen LogP contribution < -0.4 is 4.74 Å². The summed E-state index contributed by atoms with van der Waals surface area (Å²) >= 11 is 0. The highest BCUT2D eigenvalue weighted by molar-refractivity contribution is 5.49. The molecule has 0 amide bonds. The van der Waals surface area contributed by atoms with Crippen LogP contribution in [0.25, 0.3) is 0 Å². The molecule has 1 N–H and O–H groups in total. The van der Waals surface area contributed by atoms with Crippen molar-refractivity contribution in [1.29, 1.82) is 0 Å². The van der Waals surface area contributed by atoms with Gasteiger partial charge in [-0.05, 0) is 29.4 Å². The highest BCUT2D eigenvalue weighted by atomic mass is 16.5. The van der Waals surface area contributed by atoms with Crippen molar-refractivity contribution in [3.63, 3.8) is 0 Å². The lowest BCUT2D eigenvalue weighted by molar-refractivity contribution is 0.227. The van der Waals surface area contributed by atoms with Gasteiger partial charge in [0.25, 0.3) is 0 Å². The molecule has 100 valence electrons. The van der Waals surface area contributed by atoms with Crippen molar-refractivity contribution in [2.45, 2.75) is 45.4 Å². The molecule has 1 aromatic carbocycles. The van der Waals surface area contributed by atoms with Crippen LogP contribution in [-0.2, 0) is 5.41 Å². The van der Waals surface area contributed by atoms with Gasteiger partial charge < -0.3 is 9.84 Å². The highest BCUT2D eigenvalue weighted by Crippen LogP contribution is 2.65. The quantitative estimate of drug-likeness (QED) is 0.884. The summed E-state index contributed by atoms with van der Waals surface area (Å²) in [6.07, 6.45) is 1.02. The molecular weight excluding hydrogens is 224 g/mol. The fraction of sp³-hybridized carbons (Fsp3) is 0.625. The van der Waals surface area contributed by atoms with E-state index >= 15 is 0 Å². The molecule has 2 nitrogen and oxygen atoms in total. The summed E-state index contributed by atoms with van der Waals surface area (Å²) in [6.45, 7) is 9.00. The maximum absolute atomic E-state index is 9.84. The number of ether oxygens (including phenoxy) is 1. The molecule has 1 aliphatic carbocycles. The first kappa shape index (κ1) is 13.4. The molecule has 1 unspecified atom stereocenters. The molecule has 2 rings (SSSR count). The van der Waals surface area contributed by atoms with Crippen molar-refractivity contribution in [3.05, 3.63) is 29.3 Å². The summed E-state index contributed by atoms with van der Waals surface area (Å²) in [7, 11) is 1.70. The van der Waals surface area contributed by atoms with Gasteiger partial charge in [-0.3, -0.25) is 0 Å². The molecule has 0 saturated heterocycles. The summed E-state index contributed by atoms with van der Waals surface area (Å²) in [5.74, 6) is 1.39. The second-order valence-electron chi connectivity index (χ2n) is 6.42. The van der Waals surface area contributed by atoms with E-state index in [1.165, 1.54) is 11.1 Å². The SMILES string of the molecule is COc1ccc(C(C)C)cc1C1(CO)CC1(C)C. The Balaban J connectivity index is 2.52. The molecule has 0 aliphatic heterocycles. The number of rotatable bonds is 4. The van der Waals surface area contributed by atoms with Crippen LogP contribution in [0.3, 0.4) is 0 Å². The minimum Gasteiger partial charge on any atom is -0.496 e. The zero-order valence-corrected chi connectivity index (χ0v) is 12.1. The zero-order valence-electron chi connectivity index (χ0n) is 12.1. The number of aliphatic hydroxyl groups excluding tert-OH is 1. The van der Waals surface area contributed by atoms with Crippen molar-refractivity contribution >= 4 is 0 Å². The normalized spacial score (nSPS) is 25.3. The van der Waals surface area contributed by atoms with E-state index in [0.717, 1.165) is 12.2 Å². The van der Waals surface area contributed by atoms with Crippen LogP contribution >= 0.6 is 0 Å². The molecule has 0 aromatic heterocycles. The third kappa shape index (κ3) is 1.83. The maximum Gasteiger partial charge on any atom is 0.122 e. The monoisotopic (exact) mass is 248 g/mol. The van der Waals surface area contributed by atoms with Gasteiger partial charge in [0, 0.05) is 11.0 Å². The van der Waals surface area contributed by atoms with Crippen molar-refractivity contribution < 1.29 is 9.84 Å². The van der Waals surface area contributed by atoms with E-state index in [2.05, 4.69) is 39.8 Å². The second-order valence-corrected chi connectivity index (χ2v) is 6.42. The van der Waals surface area contributed by atoms with E-state index in [0.29, 0.717) is 5.92 Å². The van der Waals surface area contributed by atoms with Gasteiger partial charge in [-0.2, -0.15) is 0 Å². The Morgan fingerprint density at radius 3 is 2.33 bits per heavy atom. The topological polar surface area (TPSA) is 29.5 Å². The van der Waals surface area contributed by atoms with Gasteiger partial charge in [0.15, 0.2) is 0 Å². The van der Waals surface area contributed by atoms with Crippen LogP contribution in [0.5, 0.6) is 5.75 Å². The summed E-state index contributed by atoms with van der Waals surface area (Å²) < 4.78 is 5.49. The summed E-state index contributed by atoms with van der Waals surface area (Å²) in [5.41, 5.74) is 2.51. The Hall–Kier alpha value is -1.02. The molecule has 18 heavy (non-hydrogen) atoms. The van der Waals surface area contributed by atoms with Gasteiger partial charge >= 0.3 is 0 Å². The molecule has 0 radical (unpaired) electrons. The smallest absolute Gasteiger partial charge is 0.122 e. The Kier molecular flexibility index (Phi) is 3.18. The van der Waals surface area contributed by atoms with E-state index in [4.69, 9.17) is 4.74 Å². The van der Waals surface area contributed by atoms with Crippen molar-refractivity contribution in [3.8, 4) is 5.75 Å². The fourth-order valence-electron chi connectivity index (χ4n) is 2.98. The van der Waals surface area contributed by atoms with Crippen LogP contribution in [-0.4, -0.2) is 18.8 Å². The van der Waals surface area contributed by atoms with Crippen LogP contribution in [0.1, 0.15) is 51.2 Å². The Morgan fingerprint density at radius 2 is 1.94 bits per heavy atom. The predicted molar refractivity (Wildman–Crippen MR) is 74.2 cm³/mol. The third-order valence-electron chi connectivity index (χ3n) is 4.59. The first-order valence-electron chi connectivity index (χ1n) is 6.67. The van der Waals surface area contributed by atoms with Gasteiger partial charge in [-0.1, -0.05) is 39.8 Å². The summed E-state index contributed by atoms with van der Waals surface area (Å²) in [6, 6.07) is 6.37. The van der Waals surface area contributed by atoms with Crippen LogP contribution in [0.2, 0.25) is 0 Å². The van der Waals surface area contributed by atoms with Crippen molar-refractivity contribution in [2.75, 3.05) is 13.7 Å². The number of benzene rings is 1.